The molecule has 0 saturated carbocycles. The van der Waals surface area contributed by atoms with Gasteiger partial charge in [-0.05, 0) is 58.0 Å². The largest absolute Gasteiger partial charge is 0.462 e. The Morgan fingerprint density at radius 2 is 1.74 bits per heavy atom. The molecule has 0 aliphatic carbocycles. The monoisotopic (exact) mass is 423 g/mol. The van der Waals surface area contributed by atoms with Crippen molar-refractivity contribution in [1.29, 1.82) is 0 Å². The number of carbonyl (C=O) groups excluding carboxylic acids is 2. The maximum atomic E-state index is 12.6. The Bertz CT molecular complexity index is 1120. The van der Waals surface area contributed by atoms with Crippen LogP contribution in [0, 0.1) is 0 Å². The molecule has 3 heterocycles. The van der Waals surface area contributed by atoms with Gasteiger partial charge in [-0.2, -0.15) is 0 Å². The Morgan fingerprint density at radius 1 is 1.00 bits per heavy atom. The van der Waals surface area contributed by atoms with Crippen LogP contribution in [0.4, 0.5) is 10.5 Å². The zero-order chi connectivity index (χ0) is 22.2. The Balaban J connectivity index is 1.60. The molecular formula is C24H29N3O4. The second-order valence-corrected chi connectivity index (χ2v) is 8.71. The molecule has 0 N–H and O–H groups in total. The standard InChI is InChI=1S/C24H29N3O4/c1-5-30-22(28)21-18-10-9-17(16-20(18)27-11-7-6-8-19(21)27)25-12-14-26(15-13-25)23(29)31-24(2,3)4/h6-11,16H,5,12-15H2,1-4H3. The van der Waals surface area contributed by atoms with Gasteiger partial charge in [0, 0.05) is 43.4 Å². The lowest BCUT2D eigenvalue weighted by atomic mass is 10.1. The van der Waals surface area contributed by atoms with Crippen molar-refractivity contribution in [2.45, 2.75) is 33.3 Å². The normalized spacial score (nSPS) is 14.8. The number of rotatable bonds is 3. The van der Waals surface area contributed by atoms with E-state index in [0.717, 1.165) is 35.2 Å². The van der Waals surface area contributed by atoms with Crippen LogP contribution in [0.25, 0.3) is 16.4 Å². The van der Waals surface area contributed by atoms with Gasteiger partial charge in [0.2, 0.25) is 0 Å². The summed E-state index contributed by atoms with van der Waals surface area (Å²) in [4.78, 5) is 29.0. The fourth-order valence-electron chi connectivity index (χ4n) is 4.01. The Morgan fingerprint density at radius 3 is 2.42 bits per heavy atom. The lowest BCUT2D eigenvalue weighted by Crippen LogP contribution is -2.50. The molecule has 2 aromatic heterocycles. The molecule has 3 aromatic rings. The second-order valence-electron chi connectivity index (χ2n) is 8.71. The molecule has 7 heteroatoms. The molecule has 1 aromatic carbocycles. The number of nitrogens with zero attached hydrogens (tertiary/aromatic N) is 3. The number of anilines is 1. The number of benzene rings is 1. The summed E-state index contributed by atoms with van der Waals surface area (Å²) in [6.07, 6.45) is 1.70. The third-order valence-corrected chi connectivity index (χ3v) is 5.40. The number of carbonyl (C=O) groups is 2. The van der Waals surface area contributed by atoms with Crippen molar-refractivity contribution >= 4 is 34.2 Å². The molecule has 0 spiro atoms. The van der Waals surface area contributed by atoms with E-state index in [0.29, 0.717) is 25.3 Å². The second kappa shape index (κ2) is 8.13. The van der Waals surface area contributed by atoms with Gasteiger partial charge in [-0.25, -0.2) is 9.59 Å². The van der Waals surface area contributed by atoms with Crippen molar-refractivity contribution in [3.8, 4) is 0 Å². The van der Waals surface area contributed by atoms with E-state index in [2.05, 4.69) is 11.0 Å². The van der Waals surface area contributed by atoms with Crippen LogP contribution in [0.3, 0.4) is 0 Å². The Hall–Kier alpha value is -3.22. The van der Waals surface area contributed by atoms with Crippen molar-refractivity contribution in [2.75, 3.05) is 37.7 Å². The van der Waals surface area contributed by atoms with Crippen molar-refractivity contribution in [2.24, 2.45) is 0 Å². The molecule has 0 bridgehead atoms. The van der Waals surface area contributed by atoms with Crippen LogP contribution in [0.1, 0.15) is 38.1 Å². The fraction of sp³-hybridized carbons (Fsp3) is 0.417. The van der Waals surface area contributed by atoms with Gasteiger partial charge in [0.15, 0.2) is 0 Å². The molecule has 0 radical (unpaired) electrons. The fourth-order valence-corrected chi connectivity index (χ4v) is 4.01. The number of pyridine rings is 1. The van der Waals surface area contributed by atoms with E-state index in [-0.39, 0.29) is 12.1 Å². The summed E-state index contributed by atoms with van der Waals surface area (Å²) in [6, 6.07) is 11.9. The minimum atomic E-state index is -0.494. The highest BCUT2D eigenvalue weighted by molar-refractivity contribution is 6.12. The molecule has 1 fully saturated rings. The maximum Gasteiger partial charge on any atom is 0.410 e. The zero-order valence-electron chi connectivity index (χ0n) is 18.6. The Labute approximate surface area is 182 Å². The zero-order valence-corrected chi connectivity index (χ0v) is 18.6. The van der Waals surface area contributed by atoms with E-state index in [4.69, 9.17) is 9.47 Å². The van der Waals surface area contributed by atoms with E-state index in [1.807, 2.05) is 68.6 Å². The van der Waals surface area contributed by atoms with E-state index < -0.39 is 5.60 Å². The first-order valence-electron chi connectivity index (χ1n) is 10.7. The van der Waals surface area contributed by atoms with Gasteiger partial charge < -0.3 is 23.7 Å². The number of amides is 1. The molecule has 164 valence electrons. The van der Waals surface area contributed by atoms with Crippen LogP contribution in [0.2, 0.25) is 0 Å². The van der Waals surface area contributed by atoms with Crippen LogP contribution in [-0.2, 0) is 9.47 Å². The summed E-state index contributed by atoms with van der Waals surface area (Å²) in [7, 11) is 0. The van der Waals surface area contributed by atoms with Crippen LogP contribution in [-0.4, -0.2) is 59.8 Å². The molecule has 31 heavy (non-hydrogen) atoms. The van der Waals surface area contributed by atoms with E-state index in [9.17, 15) is 9.59 Å². The van der Waals surface area contributed by atoms with Crippen LogP contribution >= 0.6 is 0 Å². The topological polar surface area (TPSA) is 63.5 Å². The number of hydrogen-bond donors (Lipinski definition) is 0. The van der Waals surface area contributed by atoms with E-state index in [1.54, 1.807) is 4.90 Å². The van der Waals surface area contributed by atoms with Crippen molar-refractivity contribution < 1.29 is 19.1 Å². The summed E-state index contributed by atoms with van der Waals surface area (Å²) in [6.45, 7) is 10.4. The lowest BCUT2D eigenvalue weighted by Gasteiger charge is -2.36. The van der Waals surface area contributed by atoms with Crippen LogP contribution in [0.15, 0.2) is 42.6 Å². The first kappa shape index (κ1) is 21.0. The van der Waals surface area contributed by atoms with Gasteiger partial charge in [0.05, 0.1) is 23.2 Å². The summed E-state index contributed by atoms with van der Waals surface area (Å²) in [5, 5.41) is 0.876. The molecule has 1 aliphatic rings. The quantitative estimate of drug-likeness (QED) is 0.587. The summed E-state index contributed by atoms with van der Waals surface area (Å²) in [5.41, 5.74) is 2.97. The molecule has 1 aliphatic heterocycles. The van der Waals surface area contributed by atoms with Gasteiger partial charge in [0.1, 0.15) is 5.60 Å². The molecule has 0 atom stereocenters. The highest BCUT2D eigenvalue weighted by Crippen LogP contribution is 2.31. The molecule has 1 saturated heterocycles. The van der Waals surface area contributed by atoms with Gasteiger partial charge in [-0.1, -0.05) is 6.07 Å². The minimum Gasteiger partial charge on any atom is -0.462 e. The third kappa shape index (κ3) is 4.17. The van der Waals surface area contributed by atoms with Crippen molar-refractivity contribution in [3.63, 3.8) is 0 Å². The maximum absolute atomic E-state index is 12.6. The molecule has 4 rings (SSSR count). The average molecular weight is 424 g/mol. The number of esters is 1. The number of hydrogen-bond acceptors (Lipinski definition) is 5. The summed E-state index contributed by atoms with van der Waals surface area (Å²) >= 11 is 0. The molecule has 1 amide bonds. The van der Waals surface area contributed by atoms with Gasteiger partial charge in [-0.3, -0.25) is 0 Å². The van der Waals surface area contributed by atoms with Gasteiger partial charge >= 0.3 is 12.1 Å². The summed E-state index contributed by atoms with van der Waals surface area (Å²) in [5.74, 6) is -0.306. The first-order chi connectivity index (χ1) is 14.8. The highest BCUT2D eigenvalue weighted by Gasteiger charge is 2.26. The molecular weight excluding hydrogens is 394 g/mol. The number of fused-ring (bicyclic) bond motifs is 3. The van der Waals surface area contributed by atoms with Gasteiger partial charge in [-0.15, -0.1) is 0 Å². The van der Waals surface area contributed by atoms with E-state index >= 15 is 0 Å². The number of ether oxygens (including phenoxy) is 2. The molecule has 7 nitrogen and oxygen atoms in total. The van der Waals surface area contributed by atoms with Crippen LogP contribution in [0.5, 0.6) is 0 Å². The van der Waals surface area contributed by atoms with Gasteiger partial charge in [0.25, 0.3) is 0 Å². The predicted octanol–water partition coefficient (Wildman–Crippen LogP) is 4.33. The number of aromatic nitrogens is 1. The van der Waals surface area contributed by atoms with E-state index in [1.165, 1.54) is 0 Å². The highest BCUT2D eigenvalue weighted by atomic mass is 16.6. The smallest absolute Gasteiger partial charge is 0.410 e. The third-order valence-electron chi connectivity index (χ3n) is 5.40. The predicted molar refractivity (Wildman–Crippen MR) is 121 cm³/mol. The SMILES string of the molecule is CCOC(=O)c1c2ccc(N3CCN(C(=O)OC(C)(C)C)CC3)cc2n2ccccc12. The lowest BCUT2D eigenvalue weighted by molar-refractivity contribution is 0.0240. The van der Waals surface area contributed by atoms with Crippen molar-refractivity contribution in [3.05, 3.63) is 48.2 Å². The van der Waals surface area contributed by atoms with Crippen molar-refractivity contribution in [1.82, 2.24) is 9.30 Å². The average Bonchev–Trinajstić information content (AvgIpc) is 3.06. The van der Waals surface area contributed by atoms with Crippen LogP contribution < -0.4 is 4.90 Å². The number of piperazine rings is 1. The molecule has 0 unspecified atom stereocenters. The Kier molecular flexibility index (Phi) is 5.52. The first-order valence-corrected chi connectivity index (χ1v) is 10.7. The summed E-state index contributed by atoms with van der Waals surface area (Å²) < 4.78 is 12.8. The minimum absolute atomic E-state index is 0.265.